The smallest absolute Gasteiger partial charge is 0.252 e. The van der Waals surface area contributed by atoms with E-state index in [1.807, 2.05) is 12.1 Å². The van der Waals surface area contributed by atoms with Crippen LogP contribution in [0.5, 0.6) is 0 Å². The van der Waals surface area contributed by atoms with E-state index in [1.165, 1.54) is 6.42 Å². The van der Waals surface area contributed by atoms with E-state index < -0.39 is 0 Å². The van der Waals surface area contributed by atoms with Crippen LogP contribution in [0.25, 0.3) is 0 Å². The Bertz CT molecular complexity index is 608. The fourth-order valence-corrected chi connectivity index (χ4v) is 4.87. The van der Waals surface area contributed by atoms with E-state index in [9.17, 15) is 4.79 Å². The number of hydrogen-bond acceptors (Lipinski definition) is 3. The van der Waals surface area contributed by atoms with Gasteiger partial charge in [-0.3, -0.25) is 4.79 Å². The molecule has 1 aromatic rings. The Kier molecular flexibility index (Phi) is 3.44. The Labute approximate surface area is 135 Å². The highest BCUT2D eigenvalue weighted by Gasteiger charge is 2.62. The molecule has 3 aliphatic rings. The van der Waals surface area contributed by atoms with Crippen LogP contribution in [0.2, 0.25) is 5.02 Å². The zero-order valence-corrected chi connectivity index (χ0v) is 13.5. The molecule has 3 aliphatic heterocycles. The van der Waals surface area contributed by atoms with Gasteiger partial charge in [0.15, 0.2) is 0 Å². The minimum absolute atomic E-state index is 0.0548. The Morgan fingerprint density at radius 3 is 3.14 bits per heavy atom. The normalized spacial score (nSPS) is 36.5. The van der Waals surface area contributed by atoms with E-state index in [0.717, 1.165) is 19.5 Å². The Hall–Kier alpha value is -1.10. The van der Waals surface area contributed by atoms with Crippen LogP contribution in [0.4, 0.5) is 0 Å². The summed E-state index contributed by atoms with van der Waals surface area (Å²) in [5.41, 5.74) is 0.602. The van der Waals surface area contributed by atoms with Crippen molar-refractivity contribution in [3.8, 4) is 0 Å². The molecule has 1 spiro atoms. The van der Waals surface area contributed by atoms with Gasteiger partial charge in [-0.05, 0) is 32.0 Å². The summed E-state index contributed by atoms with van der Waals surface area (Å²) >= 11 is 6.09. The summed E-state index contributed by atoms with van der Waals surface area (Å²) in [5.74, 6) is 0.877. The number of carbonyl (C=O) groups is 1. The molecule has 118 valence electrons. The molecule has 0 unspecified atom stereocenters. The molecule has 1 N–H and O–H groups in total. The van der Waals surface area contributed by atoms with Crippen molar-refractivity contribution < 1.29 is 9.53 Å². The Morgan fingerprint density at radius 1 is 1.50 bits per heavy atom. The largest absolute Gasteiger partial charge is 0.370 e. The average Bonchev–Trinajstić information content (AvgIpc) is 3.12. The van der Waals surface area contributed by atoms with E-state index in [1.54, 1.807) is 12.1 Å². The van der Waals surface area contributed by atoms with Crippen LogP contribution in [0.3, 0.4) is 0 Å². The van der Waals surface area contributed by atoms with Crippen molar-refractivity contribution in [2.24, 2.45) is 11.8 Å². The second-order valence-electron chi connectivity index (χ2n) is 6.92. The third-order valence-electron chi connectivity index (χ3n) is 5.57. The van der Waals surface area contributed by atoms with E-state index in [2.05, 4.69) is 17.3 Å². The van der Waals surface area contributed by atoms with Gasteiger partial charge in [0.1, 0.15) is 0 Å². The number of fused-ring (bicyclic) bond motifs is 1. The molecule has 1 aromatic carbocycles. The predicted molar refractivity (Wildman–Crippen MR) is 85.1 cm³/mol. The molecule has 4 atom stereocenters. The minimum atomic E-state index is -0.0891. The monoisotopic (exact) mass is 320 g/mol. The minimum Gasteiger partial charge on any atom is -0.370 e. The number of nitrogens with one attached hydrogen (secondary N) is 1. The van der Waals surface area contributed by atoms with Gasteiger partial charge >= 0.3 is 0 Å². The topological polar surface area (TPSA) is 41.6 Å². The van der Waals surface area contributed by atoms with Crippen molar-refractivity contribution in [1.82, 2.24) is 10.2 Å². The molecule has 0 saturated carbocycles. The van der Waals surface area contributed by atoms with Crippen molar-refractivity contribution in [1.29, 1.82) is 0 Å². The number of nitrogens with zero attached hydrogens (tertiary/aromatic N) is 1. The van der Waals surface area contributed by atoms with Crippen molar-refractivity contribution >= 4 is 17.5 Å². The molecular formula is C17H21ClN2O2. The van der Waals surface area contributed by atoms with Gasteiger partial charge in [0.05, 0.1) is 22.3 Å². The van der Waals surface area contributed by atoms with Gasteiger partial charge in [-0.1, -0.05) is 23.7 Å². The standard InChI is InChI=1S/C17H21ClN2O2/c1-20-9-13-12(15-6-7-17(13,10-20)22-15)8-19-16(21)11-4-2-3-5-14(11)18/h2-5,12-13,15H,6-10H2,1H3,(H,19,21)/t12-,13+,15+,17+/m0/s1. The van der Waals surface area contributed by atoms with Crippen molar-refractivity contribution in [2.75, 3.05) is 26.7 Å². The number of likely N-dealkylation sites (tertiary alicyclic amines) is 1. The average molecular weight is 321 g/mol. The van der Waals surface area contributed by atoms with Crippen LogP contribution in [-0.2, 0) is 4.74 Å². The second-order valence-corrected chi connectivity index (χ2v) is 7.32. The molecule has 2 bridgehead atoms. The van der Waals surface area contributed by atoms with E-state index >= 15 is 0 Å². The number of likely N-dealkylation sites (N-methyl/N-ethyl adjacent to an activating group) is 1. The summed E-state index contributed by atoms with van der Waals surface area (Å²) in [4.78, 5) is 14.7. The molecule has 0 radical (unpaired) electrons. The first-order valence-corrected chi connectivity index (χ1v) is 8.36. The number of rotatable bonds is 3. The molecule has 0 aliphatic carbocycles. The maximum atomic E-state index is 12.3. The van der Waals surface area contributed by atoms with E-state index in [-0.39, 0.29) is 11.5 Å². The van der Waals surface area contributed by atoms with Crippen LogP contribution < -0.4 is 5.32 Å². The number of carbonyl (C=O) groups excluding carboxylic acids is 1. The highest BCUT2D eigenvalue weighted by Crippen LogP contribution is 2.54. The first-order valence-electron chi connectivity index (χ1n) is 7.98. The molecule has 4 rings (SSSR count). The third kappa shape index (κ3) is 2.16. The molecule has 4 nitrogen and oxygen atoms in total. The van der Waals surface area contributed by atoms with Crippen LogP contribution in [-0.4, -0.2) is 49.2 Å². The molecule has 3 saturated heterocycles. The summed E-state index contributed by atoms with van der Waals surface area (Å²) in [6.07, 6.45) is 2.60. The molecule has 5 heteroatoms. The highest BCUT2D eigenvalue weighted by molar-refractivity contribution is 6.33. The van der Waals surface area contributed by atoms with Crippen LogP contribution in [0.1, 0.15) is 23.2 Å². The van der Waals surface area contributed by atoms with Gasteiger partial charge in [-0.25, -0.2) is 0 Å². The highest BCUT2D eigenvalue weighted by atomic mass is 35.5. The lowest BCUT2D eigenvalue weighted by Crippen LogP contribution is -2.41. The number of hydrogen-bond donors (Lipinski definition) is 1. The van der Waals surface area contributed by atoms with Gasteiger partial charge in [0.25, 0.3) is 5.91 Å². The van der Waals surface area contributed by atoms with Crippen LogP contribution in [0, 0.1) is 11.8 Å². The zero-order chi connectivity index (χ0) is 15.3. The SMILES string of the molecule is CN1C[C@@H]2[C@H](CNC(=O)c3ccccc3Cl)[C@H]3CC[C@]2(C1)O3. The Balaban J connectivity index is 1.44. The lowest BCUT2D eigenvalue weighted by atomic mass is 9.73. The fraction of sp³-hybridized carbons (Fsp3) is 0.588. The van der Waals surface area contributed by atoms with Gasteiger partial charge in [0.2, 0.25) is 0 Å². The van der Waals surface area contributed by atoms with Gasteiger partial charge in [0, 0.05) is 31.5 Å². The third-order valence-corrected chi connectivity index (χ3v) is 5.90. The number of ether oxygens (including phenoxy) is 1. The molecular weight excluding hydrogens is 300 g/mol. The predicted octanol–water partition coefficient (Wildman–Crippen LogP) is 2.18. The second kappa shape index (κ2) is 5.22. The lowest BCUT2D eigenvalue weighted by Gasteiger charge is -2.29. The molecule has 3 fully saturated rings. The maximum Gasteiger partial charge on any atom is 0.252 e. The molecule has 22 heavy (non-hydrogen) atoms. The van der Waals surface area contributed by atoms with Crippen molar-refractivity contribution in [2.45, 2.75) is 24.5 Å². The van der Waals surface area contributed by atoms with Crippen LogP contribution >= 0.6 is 11.6 Å². The van der Waals surface area contributed by atoms with E-state index in [0.29, 0.717) is 35.1 Å². The number of halogens is 1. The number of benzene rings is 1. The molecule has 1 amide bonds. The molecule has 3 heterocycles. The molecule has 0 aromatic heterocycles. The summed E-state index contributed by atoms with van der Waals surface area (Å²) in [6, 6.07) is 7.18. The zero-order valence-electron chi connectivity index (χ0n) is 12.7. The lowest BCUT2D eigenvalue weighted by molar-refractivity contribution is 0.00472. The summed E-state index contributed by atoms with van der Waals surface area (Å²) in [7, 11) is 2.16. The maximum absolute atomic E-state index is 12.3. The summed E-state index contributed by atoms with van der Waals surface area (Å²) < 4.78 is 6.31. The van der Waals surface area contributed by atoms with Gasteiger partial charge < -0.3 is 15.0 Å². The summed E-state index contributed by atoms with van der Waals surface area (Å²) in [5, 5.41) is 3.57. The number of amides is 1. The first kappa shape index (κ1) is 14.5. The van der Waals surface area contributed by atoms with E-state index in [4.69, 9.17) is 16.3 Å². The van der Waals surface area contributed by atoms with Gasteiger partial charge in [-0.2, -0.15) is 0 Å². The summed E-state index contributed by atoms with van der Waals surface area (Å²) in [6.45, 7) is 2.78. The fourth-order valence-electron chi connectivity index (χ4n) is 4.65. The van der Waals surface area contributed by atoms with Crippen molar-refractivity contribution in [3.05, 3.63) is 34.9 Å². The van der Waals surface area contributed by atoms with Crippen LogP contribution in [0.15, 0.2) is 24.3 Å². The van der Waals surface area contributed by atoms with Crippen molar-refractivity contribution in [3.63, 3.8) is 0 Å². The van der Waals surface area contributed by atoms with Gasteiger partial charge in [-0.15, -0.1) is 0 Å². The Morgan fingerprint density at radius 2 is 2.32 bits per heavy atom. The first-order chi connectivity index (χ1) is 10.6. The quantitative estimate of drug-likeness (QED) is 0.928.